The Hall–Kier alpha value is -0.320. The number of rotatable bonds is 2. The molecule has 0 aliphatic rings. The second kappa shape index (κ2) is 5.98. The summed E-state index contributed by atoms with van der Waals surface area (Å²) in [6, 6.07) is 6.96. The van der Waals surface area contributed by atoms with E-state index in [2.05, 4.69) is 15.9 Å². The highest BCUT2D eigenvalue weighted by Crippen LogP contribution is 2.32. The number of hydrogen-bond acceptors (Lipinski definition) is 1. The summed E-state index contributed by atoms with van der Waals surface area (Å²) in [4.78, 5) is 0. The van der Waals surface area contributed by atoms with E-state index in [9.17, 15) is 4.39 Å². The minimum absolute atomic E-state index is 0.284. The number of nitrogens with two attached hydrogens (primary N) is 1. The van der Waals surface area contributed by atoms with E-state index in [1.54, 1.807) is 18.2 Å². The van der Waals surface area contributed by atoms with Gasteiger partial charge >= 0.3 is 0 Å². The first-order valence-corrected chi connectivity index (χ1v) is 7.17. The minimum Gasteiger partial charge on any atom is -0.320 e. The SMILES string of the molecule is NC(c1cc(Cl)cc(Cl)c1)c1cc(Cl)c(Br)cc1F. The fraction of sp³-hybridized carbons (Fsp3) is 0.0769. The van der Waals surface area contributed by atoms with Crippen molar-refractivity contribution in [3.8, 4) is 0 Å². The first-order chi connectivity index (χ1) is 8.88. The van der Waals surface area contributed by atoms with Crippen molar-refractivity contribution in [1.29, 1.82) is 0 Å². The summed E-state index contributed by atoms with van der Waals surface area (Å²) in [5.41, 5.74) is 6.95. The van der Waals surface area contributed by atoms with Gasteiger partial charge in [-0.15, -0.1) is 0 Å². The first kappa shape index (κ1) is 15.1. The van der Waals surface area contributed by atoms with Crippen molar-refractivity contribution in [2.24, 2.45) is 5.73 Å². The van der Waals surface area contributed by atoms with E-state index in [0.29, 0.717) is 25.1 Å². The van der Waals surface area contributed by atoms with Crippen molar-refractivity contribution in [2.45, 2.75) is 6.04 Å². The smallest absolute Gasteiger partial charge is 0.129 e. The predicted octanol–water partition coefficient (Wildman–Crippen LogP) is 5.60. The van der Waals surface area contributed by atoms with Gasteiger partial charge in [0.05, 0.1) is 11.1 Å². The van der Waals surface area contributed by atoms with Crippen LogP contribution in [0.4, 0.5) is 4.39 Å². The van der Waals surface area contributed by atoms with Crippen LogP contribution < -0.4 is 5.73 Å². The molecule has 0 aliphatic heterocycles. The van der Waals surface area contributed by atoms with E-state index in [0.717, 1.165) is 0 Å². The summed E-state index contributed by atoms with van der Waals surface area (Å²) in [6.07, 6.45) is 0. The molecule has 0 amide bonds. The van der Waals surface area contributed by atoms with Crippen molar-refractivity contribution in [3.63, 3.8) is 0 Å². The zero-order valence-corrected chi connectivity index (χ0v) is 13.3. The maximum Gasteiger partial charge on any atom is 0.129 e. The molecule has 0 bridgehead atoms. The predicted molar refractivity (Wildman–Crippen MR) is 81.6 cm³/mol. The zero-order chi connectivity index (χ0) is 14.2. The molecule has 2 rings (SSSR count). The van der Waals surface area contributed by atoms with Crippen LogP contribution in [0.3, 0.4) is 0 Å². The molecule has 2 aromatic carbocycles. The third-order valence-electron chi connectivity index (χ3n) is 2.62. The molecule has 1 unspecified atom stereocenters. The van der Waals surface area contributed by atoms with Gasteiger partial charge in [-0.05, 0) is 51.8 Å². The second-order valence-electron chi connectivity index (χ2n) is 3.97. The average Bonchev–Trinajstić information content (AvgIpc) is 2.31. The Morgan fingerprint density at radius 2 is 1.58 bits per heavy atom. The van der Waals surface area contributed by atoms with Crippen molar-refractivity contribution in [2.75, 3.05) is 0 Å². The van der Waals surface area contributed by atoms with Crippen LogP contribution in [-0.4, -0.2) is 0 Å². The average molecular weight is 383 g/mol. The standard InChI is InChI=1S/C13H8BrCl3FN/c14-10-5-12(18)9(4-11(10)17)13(19)6-1-7(15)3-8(16)2-6/h1-5,13H,19H2. The lowest BCUT2D eigenvalue weighted by atomic mass is 9.99. The monoisotopic (exact) mass is 381 g/mol. The van der Waals surface area contributed by atoms with Gasteiger partial charge in [0.2, 0.25) is 0 Å². The molecule has 1 atom stereocenters. The minimum atomic E-state index is -0.693. The molecule has 0 aromatic heterocycles. The molecule has 0 radical (unpaired) electrons. The third kappa shape index (κ3) is 3.41. The number of hydrogen-bond donors (Lipinski definition) is 1. The van der Waals surface area contributed by atoms with Crippen LogP contribution in [0.1, 0.15) is 17.2 Å². The van der Waals surface area contributed by atoms with Gasteiger partial charge in [-0.25, -0.2) is 4.39 Å². The van der Waals surface area contributed by atoms with Crippen LogP contribution in [-0.2, 0) is 0 Å². The Morgan fingerprint density at radius 1 is 1.00 bits per heavy atom. The molecule has 0 heterocycles. The molecule has 100 valence electrons. The summed E-state index contributed by atoms with van der Waals surface area (Å²) in [7, 11) is 0. The molecule has 0 aliphatic carbocycles. The van der Waals surface area contributed by atoms with Gasteiger partial charge < -0.3 is 5.73 Å². The van der Waals surface area contributed by atoms with E-state index in [1.807, 2.05) is 0 Å². The van der Waals surface area contributed by atoms with Gasteiger partial charge in [0.25, 0.3) is 0 Å². The van der Waals surface area contributed by atoms with Crippen LogP contribution >= 0.6 is 50.7 Å². The zero-order valence-electron chi connectivity index (χ0n) is 9.43. The lowest BCUT2D eigenvalue weighted by Crippen LogP contribution is -2.13. The molecule has 2 aromatic rings. The van der Waals surface area contributed by atoms with Crippen molar-refractivity contribution >= 4 is 50.7 Å². The second-order valence-corrected chi connectivity index (χ2v) is 6.10. The number of halogens is 5. The molecular formula is C13H8BrCl3FN. The van der Waals surface area contributed by atoms with Gasteiger partial charge in [-0.2, -0.15) is 0 Å². The Morgan fingerprint density at radius 3 is 2.16 bits per heavy atom. The highest BCUT2D eigenvalue weighted by atomic mass is 79.9. The maximum absolute atomic E-state index is 13.9. The van der Waals surface area contributed by atoms with Crippen molar-refractivity contribution < 1.29 is 4.39 Å². The maximum atomic E-state index is 13.9. The highest BCUT2D eigenvalue weighted by molar-refractivity contribution is 9.10. The summed E-state index contributed by atoms with van der Waals surface area (Å²) in [5, 5.41) is 1.28. The molecule has 0 fully saturated rings. The normalized spacial score (nSPS) is 12.5. The molecule has 0 saturated heterocycles. The van der Waals surface area contributed by atoms with E-state index < -0.39 is 11.9 Å². The molecular weight excluding hydrogens is 375 g/mol. The quantitative estimate of drug-likeness (QED) is 0.672. The Kier molecular flexibility index (Phi) is 4.75. The molecule has 2 N–H and O–H groups in total. The molecule has 0 saturated carbocycles. The number of benzene rings is 2. The van der Waals surface area contributed by atoms with Gasteiger partial charge in [0.1, 0.15) is 5.82 Å². The Bertz CT molecular complexity index is 613. The lowest BCUT2D eigenvalue weighted by molar-refractivity contribution is 0.599. The van der Waals surface area contributed by atoms with E-state index in [1.165, 1.54) is 12.1 Å². The topological polar surface area (TPSA) is 26.0 Å². The molecule has 1 nitrogen and oxygen atoms in total. The van der Waals surface area contributed by atoms with E-state index in [4.69, 9.17) is 40.5 Å². The summed E-state index contributed by atoms with van der Waals surface area (Å²) in [5.74, 6) is -0.445. The van der Waals surface area contributed by atoms with Crippen LogP contribution in [0.2, 0.25) is 15.1 Å². The Balaban J connectivity index is 2.49. The first-order valence-electron chi connectivity index (χ1n) is 5.24. The lowest BCUT2D eigenvalue weighted by Gasteiger charge is -2.15. The van der Waals surface area contributed by atoms with Gasteiger partial charge in [-0.3, -0.25) is 0 Å². The summed E-state index contributed by atoms with van der Waals surface area (Å²) >= 11 is 20.9. The Labute approximate surface area is 133 Å². The van der Waals surface area contributed by atoms with Crippen LogP contribution in [0.5, 0.6) is 0 Å². The fourth-order valence-corrected chi connectivity index (χ4v) is 2.74. The highest BCUT2D eigenvalue weighted by Gasteiger charge is 2.16. The van der Waals surface area contributed by atoms with Gasteiger partial charge in [0.15, 0.2) is 0 Å². The third-order valence-corrected chi connectivity index (χ3v) is 4.25. The van der Waals surface area contributed by atoms with Crippen molar-refractivity contribution in [3.05, 3.63) is 66.8 Å². The van der Waals surface area contributed by atoms with Crippen LogP contribution in [0.15, 0.2) is 34.8 Å². The molecule has 6 heteroatoms. The van der Waals surface area contributed by atoms with Crippen LogP contribution in [0, 0.1) is 5.82 Å². The molecule has 0 spiro atoms. The van der Waals surface area contributed by atoms with Gasteiger partial charge in [-0.1, -0.05) is 34.8 Å². The summed E-state index contributed by atoms with van der Waals surface area (Å²) in [6.45, 7) is 0. The van der Waals surface area contributed by atoms with E-state index in [-0.39, 0.29) is 5.56 Å². The van der Waals surface area contributed by atoms with Gasteiger partial charge in [0, 0.05) is 20.1 Å². The molecule has 19 heavy (non-hydrogen) atoms. The fourth-order valence-electron chi connectivity index (χ4n) is 1.71. The van der Waals surface area contributed by atoms with Crippen LogP contribution in [0.25, 0.3) is 0 Å². The van der Waals surface area contributed by atoms with Crippen molar-refractivity contribution in [1.82, 2.24) is 0 Å². The largest absolute Gasteiger partial charge is 0.320 e. The van der Waals surface area contributed by atoms with E-state index >= 15 is 0 Å². The summed E-state index contributed by atoms with van der Waals surface area (Å²) < 4.78 is 14.4.